The van der Waals surface area contributed by atoms with E-state index < -0.39 is 11.6 Å². The van der Waals surface area contributed by atoms with Gasteiger partial charge in [0.25, 0.3) is 11.8 Å². The number of amides is 4. The second kappa shape index (κ2) is 9.31. The van der Waals surface area contributed by atoms with E-state index in [1.54, 1.807) is 26.1 Å². The molecular weight excluding hydrogens is 392 g/mol. The first-order valence-corrected chi connectivity index (χ1v) is 10.5. The Kier molecular flexibility index (Phi) is 6.75. The van der Waals surface area contributed by atoms with Crippen molar-refractivity contribution < 1.29 is 14.4 Å². The average molecular weight is 423 g/mol. The first-order chi connectivity index (χ1) is 14.8. The van der Waals surface area contributed by atoms with Crippen molar-refractivity contribution in [2.75, 3.05) is 20.8 Å². The fourth-order valence-corrected chi connectivity index (χ4v) is 3.82. The van der Waals surface area contributed by atoms with Gasteiger partial charge in [-0.25, -0.2) is 9.69 Å². The molecule has 164 valence electrons. The van der Waals surface area contributed by atoms with Gasteiger partial charge in [-0.3, -0.25) is 14.5 Å². The molecule has 1 aliphatic rings. The summed E-state index contributed by atoms with van der Waals surface area (Å²) in [6.07, 6.45) is 2.04. The van der Waals surface area contributed by atoms with E-state index in [4.69, 9.17) is 0 Å². The molecule has 2 aromatic carbocycles. The lowest BCUT2D eigenvalue weighted by Crippen LogP contribution is -2.42. The Morgan fingerprint density at radius 2 is 1.68 bits per heavy atom. The Bertz CT molecular complexity index is 956. The Hall–Kier alpha value is -3.19. The zero-order valence-corrected chi connectivity index (χ0v) is 18.6. The molecule has 1 saturated heterocycles. The number of urea groups is 1. The van der Waals surface area contributed by atoms with Gasteiger partial charge in [0, 0.05) is 19.2 Å². The van der Waals surface area contributed by atoms with Gasteiger partial charge in [0.2, 0.25) is 0 Å². The molecule has 0 spiro atoms. The monoisotopic (exact) mass is 422 g/mol. The molecule has 3 rings (SSSR count). The van der Waals surface area contributed by atoms with Crippen LogP contribution in [-0.2, 0) is 23.3 Å². The number of nitrogens with zero attached hydrogens (tertiary/aromatic N) is 2. The first kappa shape index (κ1) is 22.5. The fourth-order valence-electron chi connectivity index (χ4n) is 3.82. The highest BCUT2D eigenvalue weighted by Crippen LogP contribution is 2.29. The highest BCUT2D eigenvalue weighted by Gasteiger charge is 2.49. The summed E-state index contributed by atoms with van der Waals surface area (Å²) in [6.45, 7) is 4.58. The molecule has 7 heteroatoms. The first-order valence-electron chi connectivity index (χ1n) is 10.5. The van der Waals surface area contributed by atoms with E-state index in [1.165, 1.54) is 10.5 Å². The van der Waals surface area contributed by atoms with Crippen molar-refractivity contribution in [3.8, 4) is 0 Å². The normalized spacial score (nSPS) is 18.4. The Morgan fingerprint density at radius 1 is 1.06 bits per heavy atom. The van der Waals surface area contributed by atoms with Gasteiger partial charge in [-0.15, -0.1) is 0 Å². The molecular formula is C24H30N4O3. The van der Waals surface area contributed by atoms with Crippen molar-refractivity contribution in [1.82, 2.24) is 20.4 Å². The Balaban J connectivity index is 1.67. The third-order valence-electron chi connectivity index (χ3n) is 5.62. The van der Waals surface area contributed by atoms with Crippen LogP contribution >= 0.6 is 0 Å². The summed E-state index contributed by atoms with van der Waals surface area (Å²) in [5, 5.41) is 5.45. The summed E-state index contributed by atoms with van der Waals surface area (Å²) in [6, 6.07) is 14.7. The lowest BCUT2D eigenvalue weighted by atomic mass is 9.91. The highest BCUT2D eigenvalue weighted by molar-refractivity contribution is 6.07. The number of benzene rings is 2. The number of nitrogens with one attached hydrogen (secondary N) is 2. The van der Waals surface area contributed by atoms with Crippen LogP contribution < -0.4 is 10.6 Å². The molecule has 1 atom stereocenters. The number of carbonyl (C=O) groups excluding carboxylic acids is 3. The van der Waals surface area contributed by atoms with Crippen molar-refractivity contribution >= 4 is 17.8 Å². The van der Waals surface area contributed by atoms with E-state index in [0.717, 1.165) is 24.0 Å². The summed E-state index contributed by atoms with van der Waals surface area (Å²) in [5.41, 5.74) is 2.49. The lowest BCUT2D eigenvalue weighted by molar-refractivity contribution is -0.132. The van der Waals surface area contributed by atoms with Crippen LogP contribution in [0.15, 0.2) is 48.5 Å². The minimum absolute atomic E-state index is 0.138. The summed E-state index contributed by atoms with van der Waals surface area (Å²) < 4.78 is 0. The molecule has 0 saturated carbocycles. The van der Waals surface area contributed by atoms with Crippen molar-refractivity contribution in [2.24, 2.45) is 0 Å². The van der Waals surface area contributed by atoms with E-state index >= 15 is 0 Å². The maximum Gasteiger partial charge on any atom is 0.326 e. The number of rotatable bonds is 8. The molecule has 0 aromatic heterocycles. The van der Waals surface area contributed by atoms with Gasteiger partial charge in [0.1, 0.15) is 5.54 Å². The minimum Gasteiger partial charge on any atom is -0.355 e. The predicted molar refractivity (Wildman–Crippen MR) is 119 cm³/mol. The zero-order valence-electron chi connectivity index (χ0n) is 18.6. The van der Waals surface area contributed by atoms with Crippen molar-refractivity contribution in [2.45, 2.75) is 38.8 Å². The van der Waals surface area contributed by atoms with Crippen molar-refractivity contribution in [3.05, 3.63) is 70.8 Å². The number of hydrogen-bond acceptors (Lipinski definition) is 4. The smallest absolute Gasteiger partial charge is 0.326 e. The van der Waals surface area contributed by atoms with Gasteiger partial charge in [0.05, 0.1) is 6.67 Å². The summed E-state index contributed by atoms with van der Waals surface area (Å²) in [4.78, 5) is 40.6. The van der Waals surface area contributed by atoms with E-state index in [1.807, 2.05) is 48.3 Å². The van der Waals surface area contributed by atoms with Gasteiger partial charge in [0.15, 0.2) is 0 Å². The van der Waals surface area contributed by atoms with Crippen LogP contribution in [0.5, 0.6) is 0 Å². The van der Waals surface area contributed by atoms with Gasteiger partial charge in [-0.05, 0) is 49.2 Å². The Morgan fingerprint density at radius 3 is 2.26 bits per heavy atom. The van der Waals surface area contributed by atoms with Crippen LogP contribution in [0.25, 0.3) is 0 Å². The van der Waals surface area contributed by atoms with Crippen molar-refractivity contribution in [1.29, 1.82) is 0 Å². The third kappa shape index (κ3) is 4.77. The highest BCUT2D eigenvalue weighted by atomic mass is 16.2. The van der Waals surface area contributed by atoms with Crippen LogP contribution in [0, 0.1) is 0 Å². The van der Waals surface area contributed by atoms with Crippen LogP contribution in [0.4, 0.5) is 4.79 Å². The lowest BCUT2D eigenvalue weighted by Gasteiger charge is -2.25. The molecule has 0 aliphatic carbocycles. The maximum atomic E-state index is 13.2. The summed E-state index contributed by atoms with van der Waals surface area (Å²) in [5.74, 6) is -0.399. The van der Waals surface area contributed by atoms with E-state index in [-0.39, 0.29) is 18.5 Å². The van der Waals surface area contributed by atoms with Crippen molar-refractivity contribution in [3.63, 3.8) is 0 Å². The molecule has 2 aromatic rings. The fraction of sp³-hybridized carbons (Fsp3) is 0.375. The van der Waals surface area contributed by atoms with Gasteiger partial charge in [-0.1, -0.05) is 49.7 Å². The molecule has 1 fully saturated rings. The standard InChI is InChI=1S/C24H30N4O3/c1-5-6-17-9-13-20(14-10-17)24(2)22(30)28(23(31)26-24)16-27(4)15-18-7-11-19(12-8-18)21(29)25-3/h7-14H,5-6,15-16H2,1-4H3,(H,25,29)(H,26,31)/t24-/m1/s1. The maximum absolute atomic E-state index is 13.2. The molecule has 2 N–H and O–H groups in total. The third-order valence-corrected chi connectivity index (χ3v) is 5.62. The SMILES string of the molecule is CCCc1ccc([C@@]2(C)NC(=O)N(CN(C)Cc3ccc(C(=O)NC)cc3)C2=O)cc1. The van der Waals surface area contributed by atoms with Crippen LogP contribution in [-0.4, -0.2) is 48.4 Å². The van der Waals surface area contributed by atoms with Crippen LogP contribution in [0.3, 0.4) is 0 Å². The predicted octanol–water partition coefficient (Wildman–Crippen LogP) is 2.86. The molecule has 1 heterocycles. The van der Waals surface area contributed by atoms with Gasteiger partial charge >= 0.3 is 6.03 Å². The molecule has 1 aliphatic heterocycles. The topological polar surface area (TPSA) is 81.8 Å². The molecule has 4 amide bonds. The molecule has 7 nitrogen and oxygen atoms in total. The van der Waals surface area contributed by atoms with Crippen LogP contribution in [0.1, 0.15) is 47.3 Å². The second-order valence-electron chi connectivity index (χ2n) is 8.17. The zero-order chi connectivity index (χ0) is 22.6. The van der Waals surface area contributed by atoms with Gasteiger partial charge in [-0.2, -0.15) is 0 Å². The largest absolute Gasteiger partial charge is 0.355 e. The quantitative estimate of drug-likeness (QED) is 0.641. The van der Waals surface area contributed by atoms with E-state index in [0.29, 0.717) is 12.1 Å². The summed E-state index contributed by atoms with van der Waals surface area (Å²) >= 11 is 0. The van der Waals surface area contributed by atoms with E-state index in [9.17, 15) is 14.4 Å². The van der Waals surface area contributed by atoms with Crippen LogP contribution in [0.2, 0.25) is 0 Å². The minimum atomic E-state index is -1.07. The molecule has 31 heavy (non-hydrogen) atoms. The number of carbonyl (C=O) groups is 3. The van der Waals surface area contributed by atoms with E-state index in [2.05, 4.69) is 17.6 Å². The summed E-state index contributed by atoms with van der Waals surface area (Å²) in [7, 11) is 3.44. The molecule has 0 radical (unpaired) electrons. The number of aryl methyl sites for hydroxylation is 1. The number of imide groups is 1. The van der Waals surface area contributed by atoms with Gasteiger partial charge < -0.3 is 10.6 Å². The molecule has 0 bridgehead atoms. The number of hydrogen-bond donors (Lipinski definition) is 2. The molecule has 0 unspecified atom stereocenters. The second-order valence-corrected chi connectivity index (χ2v) is 8.17. The Labute approximate surface area is 183 Å². The average Bonchev–Trinajstić information content (AvgIpc) is 2.98.